The Balaban J connectivity index is 2.06. The third-order valence-corrected chi connectivity index (χ3v) is 3.16. The van der Waals surface area contributed by atoms with Gasteiger partial charge in [-0.2, -0.15) is 0 Å². The smallest absolute Gasteiger partial charge is 0.118 e. The molecule has 0 radical (unpaired) electrons. The molecule has 0 spiro atoms. The van der Waals surface area contributed by atoms with E-state index in [2.05, 4.69) is 29.6 Å². The Bertz CT molecular complexity index is 286. The number of hydrogen-bond acceptors (Lipinski definition) is 2. The minimum absolute atomic E-state index is 0.728. The highest BCUT2D eigenvalue weighted by atomic mass is 16.5. The highest BCUT2D eigenvalue weighted by Gasteiger charge is 2.13. The molecule has 1 heterocycles. The zero-order valence-corrected chi connectivity index (χ0v) is 9.33. The lowest BCUT2D eigenvalue weighted by Gasteiger charge is -2.14. The third kappa shape index (κ3) is 2.72. The van der Waals surface area contributed by atoms with Gasteiger partial charge in [0, 0.05) is 0 Å². The lowest BCUT2D eigenvalue weighted by atomic mass is 9.92. The van der Waals surface area contributed by atoms with E-state index in [0.29, 0.717) is 0 Å². The van der Waals surface area contributed by atoms with Gasteiger partial charge in [0.1, 0.15) is 5.75 Å². The zero-order chi connectivity index (χ0) is 10.5. The fourth-order valence-corrected chi connectivity index (χ4v) is 2.23. The molecule has 0 bridgehead atoms. The molecule has 1 aliphatic heterocycles. The molecule has 2 nitrogen and oxygen atoms in total. The summed E-state index contributed by atoms with van der Waals surface area (Å²) in [4.78, 5) is 0. The van der Waals surface area contributed by atoms with Crippen molar-refractivity contribution in [1.29, 1.82) is 0 Å². The van der Waals surface area contributed by atoms with Crippen LogP contribution < -0.4 is 10.1 Å². The number of rotatable bonds is 2. The van der Waals surface area contributed by atoms with Gasteiger partial charge in [0.2, 0.25) is 0 Å². The summed E-state index contributed by atoms with van der Waals surface area (Å²) in [6.45, 7) is 2.32. The maximum Gasteiger partial charge on any atom is 0.118 e. The van der Waals surface area contributed by atoms with E-state index in [4.69, 9.17) is 4.74 Å². The first-order chi connectivity index (χ1) is 7.40. The van der Waals surface area contributed by atoms with Gasteiger partial charge in [-0.1, -0.05) is 12.1 Å². The SMILES string of the molecule is COc1ccc([C@@H]2CCCNCC2)cc1. The lowest BCUT2D eigenvalue weighted by Crippen LogP contribution is -2.13. The van der Waals surface area contributed by atoms with E-state index in [1.807, 2.05) is 0 Å². The van der Waals surface area contributed by atoms with E-state index in [1.165, 1.54) is 31.4 Å². The van der Waals surface area contributed by atoms with Crippen molar-refractivity contribution in [3.05, 3.63) is 29.8 Å². The van der Waals surface area contributed by atoms with E-state index in [1.54, 1.807) is 7.11 Å². The molecule has 1 aromatic rings. The molecule has 0 unspecified atom stereocenters. The van der Waals surface area contributed by atoms with Crippen molar-refractivity contribution in [2.24, 2.45) is 0 Å². The number of ether oxygens (including phenoxy) is 1. The summed E-state index contributed by atoms with van der Waals surface area (Å²) < 4.78 is 5.17. The molecule has 15 heavy (non-hydrogen) atoms. The Morgan fingerprint density at radius 1 is 1.13 bits per heavy atom. The average molecular weight is 205 g/mol. The van der Waals surface area contributed by atoms with E-state index in [9.17, 15) is 0 Å². The van der Waals surface area contributed by atoms with Crippen LogP contribution in [0.2, 0.25) is 0 Å². The average Bonchev–Trinajstić information content (AvgIpc) is 2.58. The van der Waals surface area contributed by atoms with E-state index in [0.717, 1.165) is 18.2 Å². The van der Waals surface area contributed by atoms with Gasteiger partial charge in [-0.05, 0) is 56.0 Å². The van der Waals surface area contributed by atoms with Crippen molar-refractivity contribution in [3.63, 3.8) is 0 Å². The molecular formula is C13H19NO. The van der Waals surface area contributed by atoms with Crippen LogP contribution in [0.5, 0.6) is 5.75 Å². The normalized spacial score (nSPS) is 22.1. The number of nitrogens with one attached hydrogen (secondary N) is 1. The Morgan fingerprint density at radius 3 is 2.67 bits per heavy atom. The highest BCUT2D eigenvalue weighted by Crippen LogP contribution is 2.27. The van der Waals surface area contributed by atoms with E-state index < -0.39 is 0 Å². The summed E-state index contributed by atoms with van der Waals surface area (Å²) >= 11 is 0. The summed E-state index contributed by atoms with van der Waals surface area (Å²) in [7, 11) is 1.71. The van der Waals surface area contributed by atoms with Crippen LogP contribution in [-0.2, 0) is 0 Å². The monoisotopic (exact) mass is 205 g/mol. The van der Waals surface area contributed by atoms with E-state index in [-0.39, 0.29) is 0 Å². The van der Waals surface area contributed by atoms with Crippen LogP contribution in [-0.4, -0.2) is 20.2 Å². The Hall–Kier alpha value is -1.02. The predicted molar refractivity (Wildman–Crippen MR) is 62.5 cm³/mol. The van der Waals surface area contributed by atoms with Crippen LogP contribution in [0.25, 0.3) is 0 Å². The van der Waals surface area contributed by atoms with Gasteiger partial charge in [0.15, 0.2) is 0 Å². The van der Waals surface area contributed by atoms with Gasteiger partial charge < -0.3 is 10.1 Å². The minimum atomic E-state index is 0.728. The van der Waals surface area contributed by atoms with Gasteiger partial charge in [-0.3, -0.25) is 0 Å². The van der Waals surface area contributed by atoms with Crippen molar-refractivity contribution in [3.8, 4) is 5.75 Å². The minimum Gasteiger partial charge on any atom is -0.497 e. The summed E-state index contributed by atoms with van der Waals surface area (Å²) in [5, 5.41) is 3.44. The standard InChI is InChI=1S/C13H19NO/c1-15-13-6-4-12(5-7-13)11-3-2-9-14-10-8-11/h4-7,11,14H,2-3,8-10H2,1H3/t11-/m1/s1. The van der Waals surface area contributed by atoms with Crippen molar-refractivity contribution >= 4 is 0 Å². The predicted octanol–water partition coefficient (Wildman–Crippen LogP) is 2.55. The molecule has 0 aliphatic carbocycles. The second-order valence-electron chi connectivity index (χ2n) is 4.15. The first-order valence-electron chi connectivity index (χ1n) is 5.75. The Kier molecular flexibility index (Phi) is 3.62. The van der Waals surface area contributed by atoms with E-state index >= 15 is 0 Å². The quantitative estimate of drug-likeness (QED) is 0.801. The van der Waals surface area contributed by atoms with Crippen molar-refractivity contribution in [2.45, 2.75) is 25.2 Å². The van der Waals surface area contributed by atoms with Crippen molar-refractivity contribution in [2.75, 3.05) is 20.2 Å². The molecule has 1 fully saturated rings. The number of hydrogen-bond donors (Lipinski definition) is 1. The topological polar surface area (TPSA) is 21.3 Å². The maximum absolute atomic E-state index is 5.17. The molecule has 0 amide bonds. The summed E-state index contributed by atoms with van der Waals surface area (Å²) in [6, 6.07) is 8.53. The molecule has 2 heteroatoms. The van der Waals surface area contributed by atoms with Crippen LogP contribution >= 0.6 is 0 Å². The van der Waals surface area contributed by atoms with Crippen molar-refractivity contribution in [1.82, 2.24) is 5.32 Å². The summed E-state index contributed by atoms with van der Waals surface area (Å²) in [5.74, 6) is 1.68. The Morgan fingerprint density at radius 2 is 1.93 bits per heavy atom. The largest absolute Gasteiger partial charge is 0.497 e. The second kappa shape index (κ2) is 5.17. The first kappa shape index (κ1) is 10.5. The summed E-state index contributed by atoms with van der Waals surface area (Å²) in [5.41, 5.74) is 1.46. The molecule has 1 aromatic carbocycles. The van der Waals surface area contributed by atoms with Crippen LogP contribution in [0, 0.1) is 0 Å². The van der Waals surface area contributed by atoms with Crippen molar-refractivity contribution < 1.29 is 4.74 Å². The fourth-order valence-electron chi connectivity index (χ4n) is 2.23. The molecule has 1 atom stereocenters. The third-order valence-electron chi connectivity index (χ3n) is 3.16. The lowest BCUT2D eigenvalue weighted by molar-refractivity contribution is 0.414. The second-order valence-corrected chi connectivity index (χ2v) is 4.15. The van der Waals surface area contributed by atoms with Crippen LogP contribution in [0.3, 0.4) is 0 Å². The van der Waals surface area contributed by atoms with Gasteiger partial charge in [0.05, 0.1) is 7.11 Å². The van der Waals surface area contributed by atoms with Crippen LogP contribution in [0.4, 0.5) is 0 Å². The number of methoxy groups -OCH3 is 1. The molecule has 0 aromatic heterocycles. The Labute approximate surface area is 91.6 Å². The van der Waals surface area contributed by atoms with Gasteiger partial charge in [-0.25, -0.2) is 0 Å². The zero-order valence-electron chi connectivity index (χ0n) is 9.33. The van der Waals surface area contributed by atoms with Crippen LogP contribution in [0.15, 0.2) is 24.3 Å². The molecule has 1 N–H and O–H groups in total. The molecule has 1 saturated heterocycles. The first-order valence-corrected chi connectivity index (χ1v) is 5.75. The molecule has 82 valence electrons. The van der Waals surface area contributed by atoms with Crippen LogP contribution in [0.1, 0.15) is 30.7 Å². The maximum atomic E-state index is 5.17. The molecule has 0 saturated carbocycles. The molecular weight excluding hydrogens is 186 g/mol. The van der Waals surface area contributed by atoms with Gasteiger partial charge in [0.25, 0.3) is 0 Å². The highest BCUT2D eigenvalue weighted by molar-refractivity contribution is 5.29. The van der Waals surface area contributed by atoms with Gasteiger partial charge in [-0.15, -0.1) is 0 Å². The molecule has 2 rings (SSSR count). The van der Waals surface area contributed by atoms with Gasteiger partial charge >= 0.3 is 0 Å². The molecule has 1 aliphatic rings. The number of benzene rings is 1. The fraction of sp³-hybridized carbons (Fsp3) is 0.538. The summed E-state index contributed by atoms with van der Waals surface area (Å²) in [6.07, 6.45) is 3.85.